The van der Waals surface area contributed by atoms with Gasteiger partial charge in [-0.25, -0.2) is 14.5 Å². The summed E-state index contributed by atoms with van der Waals surface area (Å²) in [5.74, 6) is -2.93. The van der Waals surface area contributed by atoms with Gasteiger partial charge in [-0.1, -0.05) is 6.92 Å². The summed E-state index contributed by atoms with van der Waals surface area (Å²) >= 11 is 1.35. The molecule has 0 aromatic carbocycles. The number of carbonyl (C=O) groups excluding carboxylic acids is 3. The van der Waals surface area contributed by atoms with Crippen LogP contribution in [0.5, 0.6) is 0 Å². The number of likely N-dealkylation sites (N-methyl/N-ethyl adjacent to an activating group) is 1. The van der Waals surface area contributed by atoms with Gasteiger partial charge in [0.2, 0.25) is 18.2 Å². The monoisotopic (exact) mass is 454 g/mol. The number of carboxylic acids is 1. The van der Waals surface area contributed by atoms with Crippen LogP contribution in [-0.4, -0.2) is 99.2 Å². The third kappa shape index (κ3) is 3.78. The molecule has 4 amide bonds. The number of rotatable bonds is 7. The molecule has 0 bridgehead atoms. The van der Waals surface area contributed by atoms with Gasteiger partial charge >= 0.3 is 12.1 Å². The zero-order valence-electron chi connectivity index (χ0n) is 17.6. The Kier molecular flexibility index (Phi) is 6.33. The molecule has 3 aliphatic rings. The van der Waals surface area contributed by atoms with Gasteiger partial charge in [-0.2, -0.15) is 0 Å². The van der Waals surface area contributed by atoms with Crippen LogP contribution in [0.4, 0.5) is 4.79 Å². The zero-order chi connectivity index (χ0) is 23.2. The summed E-state index contributed by atoms with van der Waals surface area (Å²) in [5.41, 5.74) is -0.0914. The Balaban J connectivity index is 1.81. The number of carboxylic acid groups (broad SMARTS) is 2. The van der Waals surface area contributed by atoms with Crippen molar-refractivity contribution < 1.29 is 34.2 Å². The lowest BCUT2D eigenvalue weighted by molar-refractivity contribution is -0.160. The molecule has 2 saturated heterocycles. The van der Waals surface area contributed by atoms with Crippen molar-refractivity contribution in [1.82, 2.24) is 20.0 Å². The molecule has 170 valence electrons. The fraction of sp³-hybridized carbons (Fsp3) is 0.632. The van der Waals surface area contributed by atoms with E-state index in [9.17, 15) is 34.2 Å². The molecule has 11 nitrogen and oxygen atoms in total. The van der Waals surface area contributed by atoms with Crippen LogP contribution in [0, 0.1) is 11.8 Å². The number of hydrogen-bond acceptors (Lipinski definition) is 7. The molecule has 3 rings (SSSR count). The van der Waals surface area contributed by atoms with Crippen LogP contribution in [0.2, 0.25) is 0 Å². The molecule has 0 aliphatic carbocycles. The van der Waals surface area contributed by atoms with Crippen molar-refractivity contribution in [1.29, 1.82) is 0 Å². The van der Waals surface area contributed by atoms with E-state index in [1.54, 1.807) is 21.0 Å². The highest BCUT2D eigenvalue weighted by molar-refractivity contribution is 8.03. The smallest absolute Gasteiger partial charge is 0.414 e. The van der Waals surface area contributed by atoms with Crippen molar-refractivity contribution in [3.05, 3.63) is 10.6 Å². The summed E-state index contributed by atoms with van der Waals surface area (Å²) in [6, 6.07) is -1.80. The number of amides is 4. The molecule has 6 atom stereocenters. The zero-order valence-corrected chi connectivity index (χ0v) is 18.5. The van der Waals surface area contributed by atoms with E-state index in [2.05, 4.69) is 5.32 Å². The van der Waals surface area contributed by atoms with Gasteiger partial charge in [-0.05, 0) is 13.3 Å². The summed E-state index contributed by atoms with van der Waals surface area (Å²) < 4.78 is 0. The Hall–Kier alpha value is -2.60. The Bertz CT molecular complexity index is 860. The Labute approximate surface area is 183 Å². The standard InChI is InChI=1S/C19H26N4O7S/c1-8-13-12(9(2)22(7-24)19(29)30)17(26)23(13)14(18(27)28)15(8)31-10-5-11(20-6-10)16(25)21(3)4/h7-13,20H,5-6H2,1-4H3,(H,27,28)(H,29,30)/t8-,9-,10+,11+,12-,13-/m1/s1. The predicted molar refractivity (Wildman–Crippen MR) is 110 cm³/mol. The van der Waals surface area contributed by atoms with E-state index < -0.39 is 36.0 Å². The van der Waals surface area contributed by atoms with E-state index >= 15 is 0 Å². The van der Waals surface area contributed by atoms with Gasteiger partial charge < -0.3 is 25.3 Å². The van der Waals surface area contributed by atoms with E-state index in [0.29, 0.717) is 22.8 Å². The summed E-state index contributed by atoms with van der Waals surface area (Å²) in [4.78, 5) is 63.3. The van der Waals surface area contributed by atoms with E-state index in [-0.39, 0.29) is 35.2 Å². The first-order chi connectivity index (χ1) is 14.5. The number of thioether (sulfide) groups is 1. The minimum absolute atomic E-state index is 0.0455. The SMILES string of the molecule is C[C@H]([C@H]1C(=O)N2C(C(=O)O)=C(S[C@@H]3CN[C@H](C(=O)N(C)C)C3)[C@H](C)[C@H]12)N(C=O)C(=O)O. The second kappa shape index (κ2) is 8.50. The van der Waals surface area contributed by atoms with Crippen LogP contribution in [0.15, 0.2) is 10.6 Å². The molecule has 0 spiro atoms. The second-order valence-corrected chi connectivity index (χ2v) is 9.58. The summed E-state index contributed by atoms with van der Waals surface area (Å²) in [6.07, 6.45) is -0.772. The van der Waals surface area contributed by atoms with Gasteiger partial charge in [-0.3, -0.25) is 14.4 Å². The lowest BCUT2D eigenvalue weighted by Crippen LogP contribution is -2.66. The Morgan fingerprint density at radius 3 is 2.45 bits per heavy atom. The highest BCUT2D eigenvalue weighted by Gasteiger charge is 2.61. The fourth-order valence-electron chi connectivity index (χ4n) is 4.64. The summed E-state index contributed by atoms with van der Waals surface area (Å²) in [6.45, 7) is 3.80. The number of imide groups is 1. The molecule has 0 radical (unpaired) electrons. The highest BCUT2D eigenvalue weighted by atomic mass is 32.2. The largest absolute Gasteiger partial charge is 0.477 e. The van der Waals surface area contributed by atoms with Crippen LogP contribution in [-0.2, 0) is 19.2 Å². The average molecular weight is 455 g/mol. The first-order valence-electron chi connectivity index (χ1n) is 9.89. The molecule has 0 saturated carbocycles. The maximum absolute atomic E-state index is 12.8. The van der Waals surface area contributed by atoms with E-state index in [1.165, 1.54) is 28.5 Å². The Morgan fingerprint density at radius 1 is 1.29 bits per heavy atom. The lowest BCUT2D eigenvalue weighted by Gasteiger charge is -2.48. The predicted octanol–water partition coefficient (Wildman–Crippen LogP) is -0.164. The molecule has 3 N–H and O–H groups in total. The maximum atomic E-state index is 12.8. The topological polar surface area (TPSA) is 148 Å². The van der Waals surface area contributed by atoms with Crippen LogP contribution >= 0.6 is 11.8 Å². The Morgan fingerprint density at radius 2 is 1.94 bits per heavy atom. The molecule has 12 heteroatoms. The molecule has 0 aromatic heterocycles. The fourth-order valence-corrected chi connectivity index (χ4v) is 6.12. The van der Waals surface area contributed by atoms with Crippen molar-refractivity contribution in [3.63, 3.8) is 0 Å². The number of carbonyl (C=O) groups is 5. The molecule has 2 fully saturated rings. The number of hydrogen-bond donors (Lipinski definition) is 3. The van der Waals surface area contributed by atoms with E-state index in [1.807, 2.05) is 0 Å². The molecule has 3 aliphatic heterocycles. The van der Waals surface area contributed by atoms with Crippen LogP contribution in [0.3, 0.4) is 0 Å². The average Bonchev–Trinajstić information content (AvgIpc) is 3.24. The number of aliphatic carboxylic acids is 1. The molecule has 3 heterocycles. The van der Waals surface area contributed by atoms with Crippen molar-refractivity contribution in [2.45, 2.75) is 43.6 Å². The third-order valence-corrected chi connectivity index (χ3v) is 7.72. The minimum Gasteiger partial charge on any atom is -0.477 e. The van der Waals surface area contributed by atoms with Gasteiger partial charge in [0.15, 0.2) is 0 Å². The second-order valence-electron chi connectivity index (χ2n) is 8.24. The first kappa shape index (κ1) is 23.1. The van der Waals surface area contributed by atoms with Crippen molar-refractivity contribution in [2.75, 3.05) is 20.6 Å². The highest BCUT2D eigenvalue weighted by Crippen LogP contribution is 2.52. The van der Waals surface area contributed by atoms with Crippen LogP contribution in [0.1, 0.15) is 20.3 Å². The van der Waals surface area contributed by atoms with E-state index in [4.69, 9.17) is 0 Å². The first-order valence-corrected chi connectivity index (χ1v) is 10.8. The van der Waals surface area contributed by atoms with Crippen molar-refractivity contribution >= 4 is 42.0 Å². The normalized spacial score (nSPS) is 30.5. The third-order valence-electron chi connectivity index (χ3n) is 6.21. The van der Waals surface area contributed by atoms with Crippen molar-refractivity contribution in [3.8, 4) is 0 Å². The van der Waals surface area contributed by atoms with Gasteiger partial charge in [0, 0.05) is 36.7 Å². The van der Waals surface area contributed by atoms with Gasteiger partial charge in [0.25, 0.3) is 0 Å². The number of β-lactam (4-membered cyclic amide) rings is 1. The molecule has 31 heavy (non-hydrogen) atoms. The molecule has 0 aromatic rings. The lowest BCUT2D eigenvalue weighted by atomic mass is 9.77. The molecular formula is C19H26N4O7S. The van der Waals surface area contributed by atoms with Crippen LogP contribution in [0.25, 0.3) is 0 Å². The minimum atomic E-state index is -1.46. The van der Waals surface area contributed by atoms with Gasteiger partial charge in [-0.15, -0.1) is 11.8 Å². The number of fused-ring (bicyclic) bond motifs is 1. The summed E-state index contributed by atoms with van der Waals surface area (Å²) in [5, 5.41) is 22.1. The van der Waals surface area contributed by atoms with Crippen molar-refractivity contribution in [2.24, 2.45) is 11.8 Å². The van der Waals surface area contributed by atoms with Gasteiger partial charge in [0.05, 0.1) is 24.0 Å². The number of nitrogens with zero attached hydrogens (tertiary/aromatic N) is 3. The molecule has 0 unspecified atom stereocenters. The number of nitrogens with one attached hydrogen (secondary N) is 1. The summed E-state index contributed by atoms with van der Waals surface area (Å²) in [7, 11) is 3.35. The maximum Gasteiger partial charge on any atom is 0.414 e. The molecular weight excluding hydrogens is 428 g/mol. The van der Waals surface area contributed by atoms with Crippen LogP contribution < -0.4 is 5.32 Å². The van der Waals surface area contributed by atoms with Gasteiger partial charge in [0.1, 0.15) is 5.70 Å². The van der Waals surface area contributed by atoms with E-state index in [0.717, 1.165) is 0 Å². The quantitative estimate of drug-likeness (QED) is 0.352.